The summed E-state index contributed by atoms with van der Waals surface area (Å²) in [7, 11) is 0. The van der Waals surface area contributed by atoms with E-state index < -0.39 is 0 Å². The summed E-state index contributed by atoms with van der Waals surface area (Å²) in [4.78, 5) is 10.7. The third-order valence-corrected chi connectivity index (χ3v) is 11.3. The fourth-order valence-corrected chi connectivity index (χ4v) is 8.80. The van der Waals surface area contributed by atoms with Gasteiger partial charge >= 0.3 is 0 Å². The lowest BCUT2D eigenvalue weighted by molar-refractivity contribution is 0.669. The number of furan rings is 1. The molecule has 0 fully saturated rings. The number of fused-ring (bicyclic) bond motifs is 9. The zero-order valence-electron chi connectivity index (χ0n) is 30.7. The van der Waals surface area contributed by atoms with Gasteiger partial charge in [0.25, 0.3) is 0 Å². The first-order chi connectivity index (χ1) is 28.3. The molecule has 0 spiro atoms. The second-order valence-electron chi connectivity index (χ2n) is 14.6. The van der Waals surface area contributed by atoms with Crippen LogP contribution in [-0.4, -0.2) is 19.1 Å². The van der Waals surface area contributed by atoms with E-state index in [0.29, 0.717) is 5.82 Å². The molecular formula is C52H32N4O. The Morgan fingerprint density at radius 3 is 1.37 bits per heavy atom. The van der Waals surface area contributed by atoms with Gasteiger partial charge in [-0.2, -0.15) is 0 Å². The summed E-state index contributed by atoms with van der Waals surface area (Å²) in [5.74, 6) is 0.608. The molecule has 12 rings (SSSR count). The Morgan fingerprint density at radius 1 is 0.351 bits per heavy atom. The van der Waals surface area contributed by atoms with Crippen molar-refractivity contribution in [1.29, 1.82) is 0 Å². The second-order valence-corrected chi connectivity index (χ2v) is 14.6. The number of nitrogens with zero attached hydrogens (tertiary/aromatic N) is 4. The topological polar surface area (TPSA) is 48.8 Å². The van der Waals surface area contributed by atoms with E-state index in [0.717, 1.165) is 83.5 Å². The predicted molar refractivity (Wildman–Crippen MR) is 234 cm³/mol. The summed E-state index contributed by atoms with van der Waals surface area (Å²) in [6.07, 6.45) is 0. The summed E-state index contributed by atoms with van der Waals surface area (Å²) >= 11 is 0. The van der Waals surface area contributed by atoms with Crippen LogP contribution in [0.15, 0.2) is 199 Å². The minimum Gasteiger partial charge on any atom is -0.455 e. The van der Waals surface area contributed by atoms with Gasteiger partial charge in [-0.25, -0.2) is 9.97 Å². The lowest BCUT2D eigenvalue weighted by Gasteiger charge is -2.16. The highest BCUT2D eigenvalue weighted by Crippen LogP contribution is 2.40. The fraction of sp³-hybridized carbons (Fsp3) is 0. The third-order valence-electron chi connectivity index (χ3n) is 11.3. The van der Waals surface area contributed by atoms with Gasteiger partial charge in [-0.15, -0.1) is 0 Å². The molecule has 0 unspecified atom stereocenters. The molecule has 4 aromatic heterocycles. The van der Waals surface area contributed by atoms with Crippen molar-refractivity contribution in [3.05, 3.63) is 194 Å². The molecule has 5 heteroatoms. The van der Waals surface area contributed by atoms with Gasteiger partial charge in [-0.3, -0.25) is 0 Å². The Morgan fingerprint density at radius 2 is 0.807 bits per heavy atom. The summed E-state index contributed by atoms with van der Waals surface area (Å²) in [6.45, 7) is 0. The average molecular weight is 729 g/mol. The SMILES string of the molecule is c1ccc(-c2cc(-c3cc(-n4c5ccccc5c5ccccc54)cc(-n4c5ccccc5c5ccccc54)c3)nc(-c3cccc4c3oc3ccccc34)n2)cc1. The molecule has 0 saturated heterocycles. The molecule has 0 amide bonds. The fourth-order valence-electron chi connectivity index (χ4n) is 8.80. The largest absolute Gasteiger partial charge is 0.455 e. The van der Waals surface area contributed by atoms with Crippen molar-refractivity contribution in [2.75, 3.05) is 0 Å². The van der Waals surface area contributed by atoms with E-state index >= 15 is 0 Å². The van der Waals surface area contributed by atoms with Crippen molar-refractivity contribution in [2.45, 2.75) is 0 Å². The van der Waals surface area contributed by atoms with Crippen LogP contribution in [0.5, 0.6) is 0 Å². The number of benzene rings is 8. The van der Waals surface area contributed by atoms with E-state index in [4.69, 9.17) is 14.4 Å². The van der Waals surface area contributed by atoms with Crippen molar-refractivity contribution in [3.63, 3.8) is 0 Å². The van der Waals surface area contributed by atoms with E-state index in [-0.39, 0.29) is 0 Å². The van der Waals surface area contributed by atoms with E-state index in [2.05, 4.69) is 179 Å². The molecule has 0 aliphatic heterocycles. The second kappa shape index (κ2) is 12.4. The van der Waals surface area contributed by atoms with Crippen molar-refractivity contribution in [2.24, 2.45) is 0 Å². The number of hydrogen-bond donors (Lipinski definition) is 0. The standard InChI is InChI=1S/C52H32N4O/c1-2-15-33(16-3-1)44-32-45(54-52(53-44)43-23-14-22-42-41-21-8-13-28-50(41)57-51(42)43)34-29-35(55-46-24-9-4-17-37(46)38-18-5-10-25-47(38)55)31-36(30-34)56-48-26-11-6-19-39(48)40-20-7-12-27-49(40)56/h1-32H. The van der Waals surface area contributed by atoms with Crippen molar-refractivity contribution < 1.29 is 4.42 Å². The van der Waals surface area contributed by atoms with Crippen molar-refractivity contribution in [3.8, 4) is 45.3 Å². The highest BCUT2D eigenvalue weighted by atomic mass is 16.3. The van der Waals surface area contributed by atoms with Gasteiger partial charge in [0.1, 0.15) is 11.2 Å². The van der Waals surface area contributed by atoms with Crippen LogP contribution in [0.2, 0.25) is 0 Å². The number of para-hydroxylation sites is 6. The number of hydrogen-bond acceptors (Lipinski definition) is 3. The van der Waals surface area contributed by atoms with Crippen molar-refractivity contribution in [1.82, 2.24) is 19.1 Å². The first-order valence-corrected chi connectivity index (χ1v) is 19.2. The highest BCUT2D eigenvalue weighted by molar-refractivity contribution is 6.11. The minimum absolute atomic E-state index is 0.608. The highest BCUT2D eigenvalue weighted by Gasteiger charge is 2.20. The maximum Gasteiger partial charge on any atom is 0.164 e. The van der Waals surface area contributed by atoms with E-state index in [1.54, 1.807) is 0 Å². The van der Waals surface area contributed by atoms with Crippen LogP contribution in [0.3, 0.4) is 0 Å². The molecule has 0 saturated carbocycles. The Bertz CT molecular complexity index is 3300. The molecule has 0 bridgehead atoms. The Labute approximate surface area is 327 Å². The molecular weight excluding hydrogens is 697 g/mol. The molecule has 5 nitrogen and oxygen atoms in total. The first-order valence-electron chi connectivity index (χ1n) is 19.2. The minimum atomic E-state index is 0.608. The Hall–Kier alpha value is -7.76. The van der Waals surface area contributed by atoms with Crippen LogP contribution in [0.4, 0.5) is 0 Å². The van der Waals surface area contributed by atoms with Crippen LogP contribution >= 0.6 is 0 Å². The zero-order chi connectivity index (χ0) is 37.5. The third kappa shape index (κ3) is 4.89. The molecule has 12 aromatic rings. The summed E-state index contributed by atoms with van der Waals surface area (Å²) in [5.41, 5.74) is 12.8. The maximum atomic E-state index is 6.54. The quantitative estimate of drug-likeness (QED) is 0.177. The first kappa shape index (κ1) is 31.6. The summed E-state index contributed by atoms with van der Waals surface area (Å²) in [5, 5.41) is 6.97. The van der Waals surface area contributed by atoms with E-state index in [1.165, 1.54) is 21.5 Å². The van der Waals surface area contributed by atoms with E-state index in [1.807, 2.05) is 24.3 Å². The molecule has 0 radical (unpaired) electrons. The normalized spacial score (nSPS) is 11.9. The van der Waals surface area contributed by atoms with Crippen LogP contribution in [0.1, 0.15) is 0 Å². The van der Waals surface area contributed by atoms with E-state index in [9.17, 15) is 0 Å². The average Bonchev–Trinajstić information content (AvgIpc) is 3.94. The molecule has 4 heterocycles. The van der Waals surface area contributed by atoms with Gasteiger partial charge in [0.15, 0.2) is 5.82 Å². The predicted octanol–water partition coefficient (Wildman–Crippen LogP) is 13.6. The maximum absolute atomic E-state index is 6.54. The monoisotopic (exact) mass is 728 g/mol. The molecule has 8 aromatic carbocycles. The van der Waals surface area contributed by atoms with Gasteiger partial charge in [-0.05, 0) is 60.7 Å². The summed E-state index contributed by atoms with van der Waals surface area (Å²) < 4.78 is 11.3. The van der Waals surface area contributed by atoms with Gasteiger partial charge < -0.3 is 13.6 Å². The van der Waals surface area contributed by atoms with Crippen LogP contribution in [0, 0.1) is 0 Å². The zero-order valence-corrected chi connectivity index (χ0v) is 30.7. The molecule has 0 N–H and O–H groups in total. The number of aromatic nitrogens is 4. The number of rotatable bonds is 5. The van der Waals surface area contributed by atoms with Gasteiger partial charge in [0, 0.05) is 54.8 Å². The molecule has 57 heavy (non-hydrogen) atoms. The molecule has 266 valence electrons. The lowest BCUT2D eigenvalue weighted by atomic mass is 10.0. The molecule has 0 atom stereocenters. The van der Waals surface area contributed by atoms with Gasteiger partial charge in [0.2, 0.25) is 0 Å². The van der Waals surface area contributed by atoms with Crippen LogP contribution in [0.25, 0.3) is 111 Å². The van der Waals surface area contributed by atoms with Gasteiger partial charge in [0.05, 0.1) is 39.0 Å². The smallest absolute Gasteiger partial charge is 0.164 e. The van der Waals surface area contributed by atoms with Crippen LogP contribution < -0.4 is 0 Å². The van der Waals surface area contributed by atoms with Gasteiger partial charge in [-0.1, -0.05) is 133 Å². The van der Waals surface area contributed by atoms with Crippen molar-refractivity contribution >= 4 is 65.6 Å². The van der Waals surface area contributed by atoms with Crippen LogP contribution in [-0.2, 0) is 0 Å². The Kier molecular flexibility index (Phi) is 6.86. The Balaban J connectivity index is 1.18. The molecule has 0 aliphatic carbocycles. The lowest BCUT2D eigenvalue weighted by Crippen LogP contribution is -2.01. The summed E-state index contributed by atoms with van der Waals surface area (Å²) in [6, 6.07) is 68.5. The molecule has 0 aliphatic rings.